The second-order valence-corrected chi connectivity index (χ2v) is 7.00. The molecule has 0 saturated carbocycles. The van der Waals surface area contributed by atoms with Crippen LogP contribution < -0.4 is 10.1 Å². The van der Waals surface area contributed by atoms with Crippen molar-refractivity contribution >= 4 is 39.2 Å². The third-order valence-corrected chi connectivity index (χ3v) is 4.83. The van der Waals surface area contributed by atoms with Gasteiger partial charge in [-0.2, -0.15) is 0 Å². The van der Waals surface area contributed by atoms with Crippen molar-refractivity contribution in [3.63, 3.8) is 0 Å². The molecule has 150 valence electrons. The van der Waals surface area contributed by atoms with Crippen LogP contribution in [0.5, 0.6) is 5.75 Å². The van der Waals surface area contributed by atoms with E-state index in [0.29, 0.717) is 10.7 Å². The van der Waals surface area contributed by atoms with Gasteiger partial charge in [-0.25, -0.2) is 0 Å². The Morgan fingerprint density at radius 2 is 1.93 bits per heavy atom. The van der Waals surface area contributed by atoms with Crippen LogP contribution in [0.2, 0.25) is 0 Å². The number of hydrogen-bond acceptors (Lipinski definition) is 3. The lowest BCUT2D eigenvalue weighted by atomic mass is 10.1. The summed E-state index contributed by atoms with van der Waals surface area (Å²) in [5.41, 5.74) is 2.41. The molecule has 1 heterocycles. The van der Waals surface area contributed by atoms with Gasteiger partial charge in [0.2, 0.25) is 5.91 Å². The van der Waals surface area contributed by atoms with Crippen LogP contribution in [0.4, 0.5) is 5.69 Å². The highest BCUT2D eigenvalue weighted by Gasteiger charge is 2.15. The summed E-state index contributed by atoms with van der Waals surface area (Å²) in [5, 5.41) is 4.33. The molecule has 0 bridgehead atoms. The van der Waals surface area contributed by atoms with Gasteiger partial charge in [-0.05, 0) is 42.8 Å². The molecule has 0 saturated heterocycles. The summed E-state index contributed by atoms with van der Waals surface area (Å²) in [6.45, 7) is 2.14. The van der Waals surface area contributed by atoms with Crippen molar-refractivity contribution in [1.82, 2.24) is 0 Å². The number of allylic oxidation sites excluding steroid dienone is 2. The third-order valence-electron chi connectivity index (χ3n) is 4.51. The molecule has 4 nitrogen and oxygen atoms in total. The van der Waals surface area contributed by atoms with E-state index in [1.54, 1.807) is 43.5 Å². The van der Waals surface area contributed by atoms with Gasteiger partial charge in [0.25, 0.3) is 0 Å². The molecule has 3 aromatic rings. The number of aryl methyl sites for hydroxylation is 1. The van der Waals surface area contributed by atoms with Gasteiger partial charge >= 0.3 is 0 Å². The summed E-state index contributed by atoms with van der Waals surface area (Å²) in [5.74, 6) is 1.38. The molecule has 0 aliphatic carbocycles. The second-order valence-electron chi connectivity index (χ2n) is 6.59. The minimum Gasteiger partial charge on any atom is -0.497 e. The van der Waals surface area contributed by atoms with Gasteiger partial charge in [-0.1, -0.05) is 49.2 Å². The first kappa shape index (κ1) is 20.7. The van der Waals surface area contributed by atoms with Gasteiger partial charge in [0.15, 0.2) is 0 Å². The number of amides is 1. The third kappa shape index (κ3) is 5.30. The molecule has 29 heavy (non-hydrogen) atoms. The van der Waals surface area contributed by atoms with E-state index in [0.717, 1.165) is 47.3 Å². The molecule has 5 heteroatoms. The smallest absolute Gasteiger partial charge is 0.248 e. The van der Waals surface area contributed by atoms with Crippen molar-refractivity contribution in [3.05, 3.63) is 78.1 Å². The molecule has 2 aromatic carbocycles. The molecule has 3 rings (SSSR count). The fraction of sp³-hybridized carbons (Fsp3) is 0.208. The summed E-state index contributed by atoms with van der Waals surface area (Å²) < 4.78 is 11.1. The first-order valence-corrected chi connectivity index (χ1v) is 10.00. The van der Waals surface area contributed by atoms with Crippen molar-refractivity contribution in [2.24, 2.45) is 0 Å². The predicted molar refractivity (Wildman–Crippen MR) is 119 cm³/mol. The van der Waals surface area contributed by atoms with E-state index in [-0.39, 0.29) is 5.91 Å². The SMILES string of the molecule is CCCCc1oc2ccccc2c1C(Cl)=CC=CC(=O)Nc1ccc(OC)cc1. The van der Waals surface area contributed by atoms with Crippen LogP contribution >= 0.6 is 11.6 Å². The minimum absolute atomic E-state index is 0.237. The Bertz CT molecular complexity index is 1030. The molecule has 0 unspecified atom stereocenters. The summed E-state index contributed by atoms with van der Waals surface area (Å²) in [6.07, 6.45) is 7.74. The molecule has 0 radical (unpaired) electrons. The van der Waals surface area contributed by atoms with E-state index < -0.39 is 0 Å². The van der Waals surface area contributed by atoms with E-state index in [4.69, 9.17) is 20.8 Å². The van der Waals surface area contributed by atoms with E-state index in [1.807, 2.05) is 24.3 Å². The van der Waals surface area contributed by atoms with Crippen LogP contribution in [-0.4, -0.2) is 13.0 Å². The minimum atomic E-state index is -0.237. The number of para-hydroxylation sites is 1. The molecule has 0 spiro atoms. The molecule has 1 aromatic heterocycles. The van der Waals surface area contributed by atoms with Gasteiger partial charge in [0, 0.05) is 29.1 Å². The Morgan fingerprint density at radius 1 is 1.17 bits per heavy atom. The first-order valence-electron chi connectivity index (χ1n) is 9.62. The average molecular weight is 410 g/mol. The molecular weight excluding hydrogens is 386 g/mol. The number of benzene rings is 2. The normalized spacial score (nSPS) is 11.9. The fourth-order valence-corrected chi connectivity index (χ4v) is 3.31. The molecule has 1 N–H and O–H groups in total. The molecule has 0 aliphatic rings. The van der Waals surface area contributed by atoms with E-state index in [2.05, 4.69) is 12.2 Å². The Balaban J connectivity index is 1.75. The van der Waals surface area contributed by atoms with Crippen LogP contribution in [0.1, 0.15) is 31.1 Å². The zero-order valence-corrected chi connectivity index (χ0v) is 17.3. The Kier molecular flexibility index (Phi) is 7.14. The number of furan rings is 1. The number of unbranched alkanes of at least 4 members (excludes halogenated alkanes) is 1. The molecule has 0 fully saturated rings. The zero-order valence-electron chi connectivity index (χ0n) is 16.6. The van der Waals surface area contributed by atoms with Crippen molar-refractivity contribution in [2.45, 2.75) is 26.2 Å². The Hall–Kier alpha value is -2.98. The van der Waals surface area contributed by atoms with Gasteiger partial charge < -0.3 is 14.5 Å². The molecule has 1 amide bonds. The number of hydrogen-bond donors (Lipinski definition) is 1. The summed E-state index contributed by atoms with van der Waals surface area (Å²) in [6, 6.07) is 15.0. The maximum absolute atomic E-state index is 12.1. The quantitative estimate of drug-likeness (QED) is 0.338. The number of rotatable bonds is 8. The summed E-state index contributed by atoms with van der Waals surface area (Å²) in [7, 11) is 1.60. The number of carbonyl (C=O) groups is 1. The fourth-order valence-electron chi connectivity index (χ4n) is 3.03. The van der Waals surface area contributed by atoms with E-state index in [9.17, 15) is 4.79 Å². The monoisotopic (exact) mass is 409 g/mol. The number of fused-ring (bicyclic) bond motifs is 1. The highest BCUT2D eigenvalue weighted by Crippen LogP contribution is 2.34. The summed E-state index contributed by atoms with van der Waals surface area (Å²) in [4.78, 5) is 12.1. The molecule has 0 aliphatic heterocycles. The van der Waals surface area contributed by atoms with E-state index >= 15 is 0 Å². The lowest BCUT2D eigenvalue weighted by molar-refractivity contribution is -0.111. The summed E-state index contributed by atoms with van der Waals surface area (Å²) >= 11 is 6.59. The molecule has 0 atom stereocenters. The van der Waals surface area contributed by atoms with Crippen LogP contribution in [0, 0.1) is 0 Å². The van der Waals surface area contributed by atoms with Gasteiger partial charge in [0.1, 0.15) is 17.1 Å². The second kappa shape index (κ2) is 9.99. The van der Waals surface area contributed by atoms with Crippen molar-refractivity contribution in [2.75, 3.05) is 12.4 Å². The van der Waals surface area contributed by atoms with Crippen LogP contribution in [0.3, 0.4) is 0 Å². The lowest BCUT2D eigenvalue weighted by Gasteiger charge is -2.03. The van der Waals surface area contributed by atoms with Gasteiger partial charge in [0.05, 0.1) is 12.1 Å². The van der Waals surface area contributed by atoms with Gasteiger partial charge in [-0.3, -0.25) is 4.79 Å². The predicted octanol–water partition coefficient (Wildman–Crippen LogP) is 6.56. The zero-order chi connectivity index (χ0) is 20.6. The Morgan fingerprint density at radius 3 is 2.66 bits per heavy atom. The standard InChI is InChI=1S/C24H24ClNO3/c1-3-4-10-22-24(19-8-5-6-11-21(19)29-22)20(25)9-7-12-23(27)26-17-13-15-18(28-2)16-14-17/h5-9,11-16H,3-4,10H2,1-2H3,(H,26,27). The number of methoxy groups -OCH3 is 1. The number of halogens is 1. The van der Waals surface area contributed by atoms with Gasteiger partial charge in [-0.15, -0.1) is 0 Å². The number of anilines is 1. The maximum atomic E-state index is 12.1. The maximum Gasteiger partial charge on any atom is 0.248 e. The van der Waals surface area contributed by atoms with Crippen LogP contribution in [0.25, 0.3) is 16.0 Å². The van der Waals surface area contributed by atoms with Crippen molar-refractivity contribution in [3.8, 4) is 5.75 Å². The first-order chi connectivity index (χ1) is 14.1. The number of ether oxygens (including phenoxy) is 1. The highest BCUT2D eigenvalue weighted by molar-refractivity contribution is 6.50. The van der Waals surface area contributed by atoms with Crippen LogP contribution in [0.15, 0.2) is 71.2 Å². The van der Waals surface area contributed by atoms with Crippen molar-refractivity contribution < 1.29 is 13.9 Å². The molecular formula is C24H24ClNO3. The average Bonchev–Trinajstić information content (AvgIpc) is 3.11. The van der Waals surface area contributed by atoms with E-state index in [1.165, 1.54) is 6.08 Å². The van der Waals surface area contributed by atoms with Crippen molar-refractivity contribution in [1.29, 1.82) is 0 Å². The number of carbonyl (C=O) groups excluding carboxylic acids is 1. The largest absolute Gasteiger partial charge is 0.497 e. The number of nitrogens with one attached hydrogen (secondary N) is 1. The topological polar surface area (TPSA) is 51.5 Å². The Labute approximate surface area is 175 Å². The van der Waals surface area contributed by atoms with Crippen LogP contribution in [-0.2, 0) is 11.2 Å². The lowest BCUT2D eigenvalue weighted by Crippen LogP contribution is -2.07. The highest BCUT2D eigenvalue weighted by atomic mass is 35.5.